The van der Waals surface area contributed by atoms with Crippen LogP contribution in [0.25, 0.3) is 22.6 Å². The van der Waals surface area contributed by atoms with E-state index >= 15 is 0 Å². The molecule has 2 aromatic carbocycles. The van der Waals surface area contributed by atoms with Crippen molar-refractivity contribution in [3.05, 3.63) is 67.0 Å². The number of aromatic nitrogens is 3. The van der Waals surface area contributed by atoms with Crippen molar-refractivity contribution in [2.75, 3.05) is 18.2 Å². The van der Waals surface area contributed by atoms with Crippen LogP contribution in [-0.2, 0) is 11.3 Å². The molecule has 1 amide bonds. The topological polar surface area (TPSA) is 82.2 Å². The molecule has 0 aliphatic carbocycles. The van der Waals surface area contributed by atoms with Crippen molar-refractivity contribution >= 4 is 34.3 Å². The van der Waals surface area contributed by atoms with Gasteiger partial charge in [0.1, 0.15) is 5.82 Å². The third-order valence-electron chi connectivity index (χ3n) is 4.44. The minimum absolute atomic E-state index is 0.112. The number of fused-ring (bicyclic) bond motifs is 1. The summed E-state index contributed by atoms with van der Waals surface area (Å²) in [6, 6.07) is 13.1. The van der Waals surface area contributed by atoms with Crippen LogP contribution < -0.4 is 10.1 Å². The number of carbonyl (C=O) groups is 1. The number of amides is 1. The average Bonchev–Trinajstić information content (AvgIpc) is 3.38. The molecule has 0 aliphatic rings. The number of allylic oxidation sites excluding steroid dienone is 1. The van der Waals surface area contributed by atoms with Gasteiger partial charge in [-0.05, 0) is 36.4 Å². The summed E-state index contributed by atoms with van der Waals surface area (Å²) in [6.07, 6.45) is 1.72. The van der Waals surface area contributed by atoms with Gasteiger partial charge in [0.05, 0.1) is 12.9 Å². The van der Waals surface area contributed by atoms with Crippen molar-refractivity contribution in [1.82, 2.24) is 14.8 Å². The molecule has 0 unspecified atom stereocenters. The number of nitrogens with one attached hydrogen (secondary N) is 1. The SMILES string of the molecule is C=CCn1c(SCC(=O)Nc2ccc(F)cc2)nnc1-c1cc2cccc(OC)c2o1. The van der Waals surface area contributed by atoms with Crippen molar-refractivity contribution in [2.24, 2.45) is 0 Å². The van der Waals surface area contributed by atoms with E-state index in [1.807, 2.05) is 28.8 Å². The fraction of sp³-hybridized carbons (Fsp3) is 0.136. The second-order valence-electron chi connectivity index (χ2n) is 6.54. The van der Waals surface area contributed by atoms with Crippen LogP contribution in [0.4, 0.5) is 10.1 Å². The van der Waals surface area contributed by atoms with Crippen LogP contribution in [0.2, 0.25) is 0 Å². The van der Waals surface area contributed by atoms with E-state index in [0.29, 0.717) is 40.3 Å². The molecule has 4 aromatic rings. The second-order valence-corrected chi connectivity index (χ2v) is 7.48. The van der Waals surface area contributed by atoms with Crippen molar-refractivity contribution in [3.63, 3.8) is 0 Å². The van der Waals surface area contributed by atoms with Gasteiger partial charge in [0.25, 0.3) is 0 Å². The summed E-state index contributed by atoms with van der Waals surface area (Å²) in [5.74, 6) is 1.21. The van der Waals surface area contributed by atoms with E-state index in [1.54, 1.807) is 13.2 Å². The highest BCUT2D eigenvalue weighted by Crippen LogP contribution is 2.33. The number of anilines is 1. The van der Waals surface area contributed by atoms with Crippen LogP contribution in [0.3, 0.4) is 0 Å². The highest BCUT2D eigenvalue weighted by atomic mass is 32.2. The van der Waals surface area contributed by atoms with Crippen molar-refractivity contribution in [1.29, 1.82) is 0 Å². The number of carbonyl (C=O) groups excluding carboxylic acids is 1. The lowest BCUT2D eigenvalue weighted by molar-refractivity contribution is -0.113. The molecule has 0 saturated carbocycles. The fourth-order valence-electron chi connectivity index (χ4n) is 3.04. The first-order valence-electron chi connectivity index (χ1n) is 9.38. The zero-order chi connectivity index (χ0) is 21.8. The van der Waals surface area contributed by atoms with Crippen LogP contribution in [-0.4, -0.2) is 33.5 Å². The molecule has 9 heteroatoms. The van der Waals surface area contributed by atoms with Gasteiger partial charge in [-0.3, -0.25) is 9.36 Å². The van der Waals surface area contributed by atoms with Crippen LogP contribution >= 0.6 is 11.8 Å². The van der Waals surface area contributed by atoms with Crippen LogP contribution in [0, 0.1) is 5.82 Å². The zero-order valence-corrected chi connectivity index (χ0v) is 17.5. The number of nitrogens with zero attached hydrogens (tertiary/aromatic N) is 3. The van der Waals surface area contributed by atoms with Crippen molar-refractivity contribution in [3.8, 4) is 17.3 Å². The number of halogens is 1. The fourth-order valence-corrected chi connectivity index (χ4v) is 3.79. The largest absolute Gasteiger partial charge is 0.493 e. The molecular formula is C22H19FN4O3S. The van der Waals surface area contributed by atoms with Crippen LogP contribution in [0.5, 0.6) is 5.75 Å². The smallest absolute Gasteiger partial charge is 0.234 e. The van der Waals surface area contributed by atoms with Gasteiger partial charge in [0.2, 0.25) is 11.7 Å². The van der Waals surface area contributed by atoms with Crippen LogP contribution in [0.15, 0.2) is 70.8 Å². The van der Waals surface area contributed by atoms with Gasteiger partial charge >= 0.3 is 0 Å². The molecule has 0 atom stereocenters. The molecule has 0 aliphatic heterocycles. The predicted molar refractivity (Wildman–Crippen MR) is 118 cm³/mol. The molecule has 0 radical (unpaired) electrons. The number of para-hydroxylation sites is 1. The maximum atomic E-state index is 13.0. The molecule has 158 valence electrons. The summed E-state index contributed by atoms with van der Waals surface area (Å²) in [5.41, 5.74) is 1.15. The minimum atomic E-state index is -0.361. The van der Waals surface area contributed by atoms with Gasteiger partial charge in [-0.2, -0.15) is 0 Å². The summed E-state index contributed by atoms with van der Waals surface area (Å²) in [5, 5.41) is 12.6. The lowest BCUT2D eigenvalue weighted by Gasteiger charge is -2.07. The monoisotopic (exact) mass is 438 g/mol. The van der Waals surface area contributed by atoms with E-state index in [2.05, 4.69) is 22.1 Å². The Morgan fingerprint density at radius 2 is 2.10 bits per heavy atom. The first-order chi connectivity index (χ1) is 15.1. The van der Waals surface area contributed by atoms with E-state index in [0.717, 1.165) is 5.39 Å². The van der Waals surface area contributed by atoms with Crippen LogP contribution in [0.1, 0.15) is 0 Å². The first kappa shape index (κ1) is 20.7. The van der Waals surface area contributed by atoms with Gasteiger partial charge in [0, 0.05) is 17.6 Å². The molecule has 0 saturated heterocycles. The summed E-state index contributed by atoms with van der Waals surface area (Å²) >= 11 is 1.24. The van der Waals surface area contributed by atoms with Gasteiger partial charge < -0.3 is 14.5 Å². The molecule has 0 bridgehead atoms. The Morgan fingerprint density at radius 3 is 2.84 bits per heavy atom. The number of thioether (sulfide) groups is 1. The number of hydrogen-bond acceptors (Lipinski definition) is 6. The Hall–Kier alpha value is -3.59. The zero-order valence-electron chi connectivity index (χ0n) is 16.7. The molecule has 1 N–H and O–H groups in total. The third-order valence-corrected chi connectivity index (χ3v) is 5.40. The average molecular weight is 438 g/mol. The number of rotatable bonds is 8. The van der Waals surface area contributed by atoms with E-state index in [-0.39, 0.29) is 17.5 Å². The Morgan fingerprint density at radius 1 is 1.29 bits per heavy atom. The summed E-state index contributed by atoms with van der Waals surface area (Å²) in [6.45, 7) is 4.24. The van der Waals surface area contributed by atoms with E-state index < -0.39 is 0 Å². The number of ether oxygens (including phenoxy) is 1. The van der Waals surface area contributed by atoms with E-state index in [4.69, 9.17) is 9.15 Å². The Labute approximate surface area is 181 Å². The predicted octanol–water partition coefficient (Wildman–Crippen LogP) is 4.76. The Kier molecular flexibility index (Phi) is 6.03. The number of hydrogen-bond donors (Lipinski definition) is 1. The van der Waals surface area contributed by atoms with Crippen molar-refractivity contribution in [2.45, 2.75) is 11.7 Å². The molecule has 0 spiro atoms. The van der Waals surface area contributed by atoms with Crippen molar-refractivity contribution < 1.29 is 18.3 Å². The molecular weight excluding hydrogens is 419 g/mol. The molecule has 0 fully saturated rings. The summed E-state index contributed by atoms with van der Waals surface area (Å²) in [4.78, 5) is 12.3. The Bertz CT molecular complexity index is 1230. The maximum Gasteiger partial charge on any atom is 0.234 e. The molecule has 2 aromatic heterocycles. The first-order valence-corrected chi connectivity index (χ1v) is 10.4. The number of furan rings is 1. The van der Waals surface area contributed by atoms with Gasteiger partial charge in [-0.15, -0.1) is 16.8 Å². The normalized spacial score (nSPS) is 10.9. The lowest BCUT2D eigenvalue weighted by Crippen LogP contribution is -2.14. The molecule has 2 heterocycles. The van der Waals surface area contributed by atoms with Gasteiger partial charge in [0.15, 0.2) is 22.2 Å². The van der Waals surface area contributed by atoms with Gasteiger partial charge in [-0.25, -0.2) is 4.39 Å². The Balaban J connectivity index is 1.54. The minimum Gasteiger partial charge on any atom is -0.493 e. The quantitative estimate of drug-likeness (QED) is 0.316. The molecule has 4 rings (SSSR count). The summed E-state index contributed by atoms with van der Waals surface area (Å²) in [7, 11) is 1.59. The maximum absolute atomic E-state index is 13.0. The lowest BCUT2D eigenvalue weighted by atomic mass is 10.2. The highest BCUT2D eigenvalue weighted by molar-refractivity contribution is 7.99. The number of benzene rings is 2. The second kappa shape index (κ2) is 9.05. The summed E-state index contributed by atoms with van der Waals surface area (Å²) < 4.78 is 26.2. The number of methoxy groups -OCH3 is 1. The standard InChI is InChI=1S/C22H19FN4O3S/c1-3-11-27-21(18-12-14-5-4-6-17(29-2)20(14)30-18)25-26-22(27)31-13-19(28)24-16-9-7-15(23)8-10-16/h3-10,12H,1,11,13H2,2H3,(H,24,28). The third kappa shape index (κ3) is 4.46. The van der Waals surface area contributed by atoms with Gasteiger partial charge in [-0.1, -0.05) is 30.0 Å². The molecule has 7 nitrogen and oxygen atoms in total. The van der Waals surface area contributed by atoms with E-state index in [9.17, 15) is 9.18 Å². The van der Waals surface area contributed by atoms with E-state index in [1.165, 1.54) is 36.0 Å². The molecule has 31 heavy (non-hydrogen) atoms. The highest BCUT2D eigenvalue weighted by Gasteiger charge is 2.19.